The van der Waals surface area contributed by atoms with Crippen molar-refractivity contribution >= 4 is 34.6 Å². The number of rotatable bonds is 4. The minimum absolute atomic E-state index is 0.107. The van der Waals surface area contributed by atoms with Crippen molar-refractivity contribution in [3.63, 3.8) is 0 Å². The van der Waals surface area contributed by atoms with Crippen LogP contribution in [0.25, 0.3) is 0 Å². The minimum Gasteiger partial charge on any atom is -0.465 e. The molecule has 0 bridgehead atoms. The second-order valence-corrected chi connectivity index (χ2v) is 5.34. The first-order valence-electron chi connectivity index (χ1n) is 5.32. The van der Waals surface area contributed by atoms with Crippen LogP contribution >= 0.6 is 22.9 Å². The maximum Gasteiger partial charge on any atom is 0.340 e. The number of halogens is 2. The molecule has 0 atom stereocenters. The molecule has 4 nitrogen and oxygen atoms in total. The van der Waals surface area contributed by atoms with Crippen LogP contribution in [0.1, 0.15) is 15.4 Å². The van der Waals surface area contributed by atoms with Crippen LogP contribution in [0, 0.1) is 5.82 Å². The predicted octanol–water partition coefficient (Wildman–Crippen LogP) is 3.33. The lowest BCUT2D eigenvalue weighted by Crippen LogP contribution is -2.06. The number of hydrogen-bond acceptors (Lipinski definition) is 5. The summed E-state index contributed by atoms with van der Waals surface area (Å²) in [5.41, 5.74) is 0.498. The summed E-state index contributed by atoms with van der Waals surface area (Å²) in [5, 5.41) is 3.84. The van der Waals surface area contributed by atoms with Gasteiger partial charge >= 0.3 is 5.97 Å². The molecule has 0 unspecified atom stereocenters. The molecule has 1 aromatic carbocycles. The smallest absolute Gasteiger partial charge is 0.340 e. The monoisotopic (exact) mass is 300 g/mol. The highest BCUT2D eigenvalue weighted by atomic mass is 35.5. The molecule has 2 aromatic rings. The Hall–Kier alpha value is -1.66. The van der Waals surface area contributed by atoms with Crippen molar-refractivity contribution in [1.82, 2.24) is 4.98 Å². The average molecular weight is 301 g/mol. The van der Waals surface area contributed by atoms with Gasteiger partial charge in [0, 0.05) is 5.69 Å². The molecule has 2 rings (SSSR count). The molecule has 0 fully saturated rings. The van der Waals surface area contributed by atoms with E-state index < -0.39 is 11.8 Å². The maximum absolute atomic E-state index is 13.4. The first-order valence-corrected chi connectivity index (χ1v) is 6.51. The topological polar surface area (TPSA) is 51.2 Å². The molecule has 1 aromatic heterocycles. The van der Waals surface area contributed by atoms with Crippen LogP contribution in [-0.4, -0.2) is 18.1 Å². The molecule has 0 saturated carbocycles. The quantitative estimate of drug-likeness (QED) is 0.880. The highest BCUT2D eigenvalue weighted by molar-refractivity contribution is 7.15. The van der Waals surface area contributed by atoms with Gasteiger partial charge in [-0.2, -0.15) is 0 Å². The molecule has 0 aliphatic heterocycles. The molecule has 100 valence electrons. The number of anilines is 1. The third-order valence-corrected chi connectivity index (χ3v) is 3.46. The Bertz CT molecular complexity index is 603. The number of nitrogens with zero attached hydrogens (tertiary/aromatic N) is 1. The number of nitrogens with one attached hydrogen (secondary N) is 1. The van der Waals surface area contributed by atoms with E-state index in [2.05, 4.69) is 15.0 Å². The normalized spacial score (nSPS) is 10.3. The molecule has 0 saturated heterocycles. The third kappa shape index (κ3) is 3.42. The van der Waals surface area contributed by atoms with Gasteiger partial charge in [-0.05, 0) is 18.2 Å². The number of thiazole rings is 1. The van der Waals surface area contributed by atoms with Crippen molar-refractivity contribution in [3.05, 3.63) is 45.1 Å². The van der Waals surface area contributed by atoms with Gasteiger partial charge in [0.2, 0.25) is 0 Å². The Morgan fingerprint density at radius 3 is 3.00 bits per heavy atom. The number of methoxy groups -OCH3 is 1. The number of ether oxygens (including phenoxy) is 1. The van der Waals surface area contributed by atoms with E-state index in [1.165, 1.54) is 36.6 Å². The Balaban J connectivity index is 2.10. The molecule has 0 amide bonds. The van der Waals surface area contributed by atoms with Gasteiger partial charge in [0.1, 0.15) is 15.2 Å². The van der Waals surface area contributed by atoms with Crippen LogP contribution in [0.2, 0.25) is 4.34 Å². The van der Waals surface area contributed by atoms with E-state index >= 15 is 0 Å². The fraction of sp³-hybridized carbons (Fsp3) is 0.167. The fourth-order valence-electron chi connectivity index (χ4n) is 1.45. The molecule has 1 N–H and O–H groups in total. The second-order valence-electron chi connectivity index (χ2n) is 3.60. The number of carbonyl (C=O) groups is 1. The predicted molar refractivity (Wildman–Crippen MR) is 72.2 cm³/mol. The second kappa shape index (κ2) is 5.99. The van der Waals surface area contributed by atoms with E-state index in [0.29, 0.717) is 16.6 Å². The molecule has 0 spiro atoms. The zero-order valence-electron chi connectivity index (χ0n) is 9.94. The van der Waals surface area contributed by atoms with Crippen LogP contribution in [0.3, 0.4) is 0 Å². The van der Waals surface area contributed by atoms with E-state index in [1.807, 2.05) is 0 Å². The molecular weight excluding hydrogens is 291 g/mol. The SMILES string of the molecule is COC(=O)c1cc(NCc2ncc(Cl)s2)ccc1F. The van der Waals surface area contributed by atoms with Crippen molar-refractivity contribution in [1.29, 1.82) is 0 Å². The summed E-state index contributed by atoms with van der Waals surface area (Å²) in [6.07, 6.45) is 1.56. The van der Waals surface area contributed by atoms with Crippen molar-refractivity contribution in [2.45, 2.75) is 6.54 Å². The van der Waals surface area contributed by atoms with Gasteiger partial charge in [-0.15, -0.1) is 11.3 Å². The summed E-state index contributed by atoms with van der Waals surface area (Å²) in [6.45, 7) is 0.448. The van der Waals surface area contributed by atoms with E-state index in [4.69, 9.17) is 11.6 Å². The fourth-order valence-corrected chi connectivity index (χ4v) is 2.35. The Labute approximate surface area is 118 Å². The Kier molecular flexibility index (Phi) is 4.34. The summed E-state index contributed by atoms with van der Waals surface area (Å²) in [7, 11) is 1.21. The number of esters is 1. The zero-order valence-corrected chi connectivity index (χ0v) is 11.5. The van der Waals surface area contributed by atoms with Gasteiger partial charge in [-0.1, -0.05) is 11.6 Å². The van der Waals surface area contributed by atoms with E-state index in [1.54, 1.807) is 6.20 Å². The maximum atomic E-state index is 13.4. The number of benzene rings is 1. The van der Waals surface area contributed by atoms with Crippen molar-refractivity contribution in [2.24, 2.45) is 0 Å². The zero-order chi connectivity index (χ0) is 13.8. The molecule has 0 aliphatic rings. The van der Waals surface area contributed by atoms with Crippen LogP contribution in [0.4, 0.5) is 10.1 Å². The van der Waals surface area contributed by atoms with Crippen molar-refractivity contribution in [3.8, 4) is 0 Å². The third-order valence-electron chi connectivity index (χ3n) is 2.34. The van der Waals surface area contributed by atoms with Gasteiger partial charge in [-0.3, -0.25) is 0 Å². The molecule has 0 radical (unpaired) electrons. The van der Waals surface area contributed by atoms with Crippen LogP contribution < -0.4 is 5.32 Å². The van der Waals surface area contributed by atoms with Gasteiger partial charge in [0.15, 0.2) is 0 Å². The van der Waals surface area contributed by atoms with E-state index in [-0.39, 0.29) is 5.56 Å². The number of aromatic nitrogens is 1. The summed E-state index contributed by atoms with van der Waals surface area (Å²) >= 11 is 7.12. The van der Waals surface area contributed by atoms with Gasteiger partial charge in [-0.25, -0.2) is 14.2 Å². The summed E-state index contributed by atoms with van der Waals surface area (Å²) in [4.78, 5) is 15.4. The lowest BCUT2D eigenvalue weighted by atomic mass is 10.2. The van der Waals surface area contributed by atoms with Crippen LogP contribution in [0.5, 0.6) is 0 Å². The van der Waals surface area contributed by atoms with Crippen molar-refractivity contribution in [2.75, 3.05) is 12.4 Å². The molecule has 7 heteroatoms. The van der Waals surface area contributed by atoms with Crippen LogP contribution in [-0.2, 0) is 11.3 Å². The Morgan fingerprint density at radius 1 is 1.58 bits per heavy atom. The standard InChI is InChI=1S/C12H10ClFN2O2S/c1-18-12(17)8-4-7(2-3-9(8)14)15-6-11-16-5-10(13)19-11/h2-5,15H,6H2,1H3. The number of hydrogen-bond donors (Lipinski definition) is 1. The minimum atomic E-state index is -0.710. The highest BCUT2D eigenvalue weighted by Gasteiger charge is 2.12. The molecule has 0 aliphatic carbocycles. The summed E-state index contributed by atoms with van der Waals surface area (Å²) < 4.78 is 18.5. The van der Waals surface area contributed by atoms with Gasteiger partial charge in [0.25, 0.3) is 0 Å². The summed E-state index contributed by atoms with van der Waals surface area (Å²) in [6, 6.07) is 4.15. The first-order chi connectivity index (χ1) is 9.10. The average Bonchev–Trinajstić information content (AvgIpc) is 2.83. The highest BCUT2D eigenvalue weighted by Crippen LogP contribution is 2.20. The van der Waals surface area contributed by atoms with Crippen LogP contribution in [0.15, 0.2) is 24.4 Å². The lowest BCUT2D eigenvalue weighted by molar-refractivity contribution is 0.0595. The van der Waals surface area contributed by atoms with E-state index in [9.17, 15) is 9.18 Å². The van der Waals surface area contributed by atoms with Crippen molar-refractivity contribution < 1.29 is 13.9 Å². The largest absolute Gasteiger partial charge is 0.465 e. The summed E-state index contributed by atoms with van der Waals surface area (Å²) in [5.74, 6) is -1.33. The lowest BCUT2D eigenvalue weighted by Gasteiger charge is -2.07. The van der Waals surface area contributed by atoms with Gasteiger partial charge in [0.05, 0.1) is 25.4 Å². The Morgan fingerprint density at radius 2 is 2.37 bits per heavy atom. The first kappa shape index (κ1) is 13.8. The molecule has 19 heavy (non-hydrogen) atoms. The van der Waals surface area contributed by atoms with Gasteiger partial charge < -0.3 is 10.1 Å². The van der Waals surface area contributed by atoms with E-state index in [0.717, 1.165) is 5.01 Å². The number of carbonyl (C=O) groups excluding carboxylic acids is 1. The molecule has 1 heterocycles. The molecular formula is C12H10ClFN2O2S.